The summed E-state index contributed by atoms with van der Waals surface area (Å²) >= 11 is 4.12. The van der Waals surface area contributed by atoms with Crippen molar-refractivity contribution in [2.75, 3.05) is 5.75 Å². The van der Waals surface area contributed by atoms with Gasteiger partial charge in [-0.25, -0.2) is 18.4 Å². The lowest BCUT2D eigenvalue weighted by atomic mass is 9.97. The minimum absolute atomic E-state index is 0.0275. The van der Waals surface area contributed by atoms with Crippen LogP contribution in [0.25, 0.3) is 0 Å². The van der Waals surface area contributed by atoms with E-state index in [1.54, 1.807) is 13.8 Å². The number of sulfonamides is 1. The minimum Gasteiger partial charge on any atom is -0.542 e. The lowest BCUT2D eigenvalue weighted by Crippen LogP contribution is -2.69. The van der Waals surface area contributed by atoms with E-state index in [0.29, 0.717) is 6.42 Å². The topological polar surface area (TPSA) is 261 Å². The van der Waals surface area contributed by atoms with Crippen LogP contribution >= 0.6 is 12.6 Å². The molecule has 0 radical (unpaired) electrons. The fourth-order valence-corrected chi connectivity index (χ4v) is 3.12. The van der Waals surface area contributed by atoms with Crippen LogP contribution in [0.2, 0.25) is 0 Å². The Kier molecular flexibility index (Phi) is 15.3. The molecule has 0 aromatic rings. The van der Waals surface area contributed by atoms with Crippen molar-refractivity contribution in [1.29, 1.82) is 0 Å². The minimum atomic E-state index is -5.19. The van der Waals surface area contributed by atoms with Crippen LogP contribution in [0.4, 0.5) is 13.2 Å². The molecule has 36 heavy (non-hydrogen) atoms. The zero-order valence-corrected chi connectivity index (χ0v) is 20.9. The van der Waals surface area contributed by atoms with E-state index in [4.69, 9.17) is 25.3 Å². The number of quaternary nitrogens is 1. The Balaban J connectivity index is 0. The number of carbonyl (C=O) groups is 5. The summed E-state index contributed by atoms with van der Waals surface area (Å²) in [5.74, 6) is -8.30. The summed E-state index contributed by atoms with van der Waals surface area (Å²) in [4.78, 5) is 55.7. The van der Waals surface area contributed by atoms with E-state index in [1.165, 1.54) is 0 Å². The first-order valence-corrected chi connectivity index (χ1v) is 12.2. The highest BCUT2D eigenvalue weighted by atomic mass is 32.2. The van der Waals surface area contributed by atoms with E-state index in [9.17, 15) is 40.8 Å². The fraction of sp³-hybridized carbons (Fsp3) is 0.706. The van der Waals surface area contributed by atoms with Gasteiger partial charge in [0.1, 0.15) is 29.3 Å². The molecular formula is C17H29F3N4O10S2. The molecule has 0 aliphatic heterocycles. The van der Waals surface area contributed by atoms with Crippen LogP contribution in [0.3, 0.4) is 0 Å². The molecule has 5 atom stereocenters. The lowest BCUT2D eigenvalue weighted by molar-refractivity contribution is -0.416. The van der Waals surface area contributed by atoms with Gasteiger partial charge in [-0.15, -0.1) is 0 Å². The van der Waals surface area contributed by atoms with Gasteiger partial charge in [-0.2, -0.15) is 25.8 Å². The number of rotatable bonds is 13. The number of alkyl halides is 3. The first-order chi connectivity index (χ1) is 16.1. The number of carbonyl (C=O) groups excluding carboxylic acids is 3. The van der Waals surface area contributed by atoms with Crippen LogP contribution in [0.1, 0.15) is 33.1 Å². The summed E-state index contributed by atoms with van der Waals surface area (Å²) in [6.45, 7) is 3.39. The van der Waals surface area contributed by atoms with Crippen molar-refractivity contribution in [2.45, 2.75) is 62.7 Å². The number of aliphatic carboxylic acids is 3. The van der Waals surface area contributed by atoms with E-state index in [0.717, 1.165) is 0 Å². The molecule has 2 unspecified atom stereocenters. The van der Waals surface area contributed by atoms with Gasteiger partial charge < -0.3 is 36.5 Å². The van der Waals surface area contributed by atoms with Gasteiger partial charge in [-0.1, -0.05) is 20.3 Å². The van der Waals surface area contributed by atoms with Gasteiger partial charge in [0.25, 0.3) is 0 Å². The normalized spacial score (nSPS) is 15.7. The van der Waals surface area contributed by atoms with Gasteiger partial charge in [0.15, 0.2) is 0 Å². The molecule has 210 valence electrons. The van der Waals surface area contributed by atoms with Crippen molar-refractivity contribution in [1.82, 2.24) is 10.6 Å². The number of hydrogen-bond acceptors (Lipinski definition) is 9. The molecule has 14 nitrogen and oxygen atoms in total. The fourth-order valence-electron chi connectivity index (χ4n) is 2.26. The number of carboxylic acid groups (broad SMARTS) is 3. The number of primary sulfonamides is 1. The largest absolute Gasteiger partial charge is 0.542 e. The summed E-state index contributed by atoms with van der Waals surface area (Å²) in [5.41, 5.74) is 3.68. The highest BCUT2D eigenvalue weighted by Gasteiger charge is 2.34. The molecule has 0 saturated heterocycles. The van der Waals surface area contributed by atoms with Gasteiger partial charge in [-0.05, 0) is 5.92 Å². The summed E-state index contributed by atoms with van der Waals surface area (Å²) in [6.07, 6.45) is -5.60. The van der Waals surface area contributed by atoms with Crippen LogP contribution in [0, 0.1) is 5.92 Å². The smallest absolute Gasteiger partial charge is 0.430 e. The SMILES string of the molecule is CC[C@H](C)[C@H](NC(=O)C(S)C([NH3+])CCS(N)(=O)=O)C(=O)N[C@@H](CC(=O)O)C(=O)O.O=C([O-])C(F)(F)F. The number of amides is 2. The van der Waals surface area contributed by atoms with E-state index >= 15 is 0 Å². The zero-order chi connectivity index (χ0) is 29.0. The molecule has 0 spiro atoms. The summed E-state index contributed by atoms with van der Waals surface area (Å²) < 4.78 is 53.6. The second-order valence-electron chi connectivity index (χ2n) is 7.51. The maximum absolute atomic E-state index is 12.5. The zero-order valence-electron chi connectivity index (χ0n) is 19.1. The maximum Gasteiger partial charge on any atom is 0.430 e. The number of carboxylic acids is 3. The second-order valence-corrected chi connectivity index (χ2v) is 9.81. The van der Waals surface area contributed by atoms with Crippen molar-refractivity contribution in [2.24, 2.45) is 11.1 Å². The average Bonchev–Trinajstić information content (AvgIpc) is 2.72. The van der Waals surface area contributed by atoms with Gasteiger partial charge in [0.05, 0.1) is 12.2 Å². The Labute approximate surface area is 209 Å². The average molecular weight is 571 g/mol. The molecule has 0 aliphatic rings. The Bertz CT molecular complexity index is 902. The first-order valence-electron chi connectivity index (χ1n) is 9.99. The van der Waals surface area contributed by atoms with Crippen LogP contribution in [-0.2, 0) is 34.0 Å². The van der Waals surface area contributed by atoms with Crippen molar-refractivity contribution < 1.29 is 66.6 Å². The molecule has 0 aliphatic carbocycles. The van der Waals surface area contributed by atoms with Gasteiger partial charge in [0.2, 0.25) is 21.8 Å². The van der Waals surface area contributed by atoms with E-state index < -0.39 is 87.4 Å². The summed E-state index contributed by atoms with van der Waals surface area (Å²) in [7, 11) is -3.74. The number of nitrogens with one attached hydrogen (secondary N) is 2. The maximum atomic E-state index is 12.5. The predicted molar refractivity (Wildman–Crippen MR) is 116 cm³/mol. The quantitative estimate of drug-likeness (QED) is 0.107. The highest BCUT2D eigenvalue weighted by Crippen LogP contribution is 2.12. The number of halogens is 3. The molecule has 2 amide bonds. The second kappa shape index (κ2) is 15.5. The number of hydrogen-bond donors (Lipinski definition) is 7. The third-order valence-electron chi connectivity index (χ3n) is 4.51. The van der Waals surface area contributed by atoms with Crippen molar-refractivity contribution in [3.05, 3.63) is 0 Å². The highest BCUT2D eigenvalue weighted by molar-refractivity contribution is 7.89. The molecular weight excluding hydrogens is 541 g/mol. The summed E-state index contributed by atoms with van der Waals surface area (Å²) in [5, 5.41) is 35.1. The molecule has 0 fully saturated rings. The molecule has 0 heterocycles. The lowest BCUT2D eigenvalue weighted by Gasteiger charge is -2.26. The van der Waals surface area contributed by atoms with E-state index in [2.05, 4.69) is 29.0 Å². The molecule has 0 aromatic carbocycles. The third kappa shape index (κ3) is 15.4. The number of thiol groups is 1. The Morgan fingerprint density at radius 1 is 1.11 bits per heavy atom. The molecule has 9 N–H and O–H groups in total. The van der Waals surface area contributed by atoms with Crippen molar-refractivity contribution in [3.63, 3.8) is 0 Å². The monoisotopic (exact) mass is 570 g/mol. The molecule has 19 heteroatoms. The van der Waals surface area contributed by atoms with Crippen LogP contribution in [0.15, 0.2) is 0 Å². The Morgan fingerprint density at radius 2 is 1.58 bits per heavy atom. The van der Waals surface area contributed by atoms with Gasteiger partial charge in [-0.3, -0.25) is 14.4 Å². The predicted octanol–water partition coefficient (Wildman–Crippen LogP) is -3.55. The Morgan fingerprint density at radius 3 is 1.92 bits per heavy atom. The standard InChI is InChI=1S/C15H28N4O8S2.C2HF3O2/c1-3-7(2)11(13(22)18-9(15(24)25)6-10(20)21)19-14(23)12(28)8(16)4-5-29(17,26)27;3-2(4,5)1(6)7/h7-9,11-12,28H,3-6,16H2,1-2H3,(H,18,22)(H,19,23)(H,20,21)(H,24,25)(H2,17,26,27);(H,6,7)/t7-,8?,9-,11-,12?;/m0./s1. The third-order valence-corrected chi connectivity index (χ3v) is 5.97. The van der Waals surface area contributed by atoms with Crippen molar-refractivity contribution in [3.8, 4) is 0 Å². The molecule has 0 bridgehead atoms. The van der Waals surface area contributed by atoms with Gasteiger partial charge in [0, 0.05) is 6.42 Å². The van der Waals surface area contributed by atoms with Crippen LogP contribution in [-0.4, -0.2) is 83.7 Å². The molecule has 0 rings (SSSR count). The van der Waals surface area contributed by atoms with Crippen LogP contribution < -0.4 is 26.6 Å². The molecule has 0 aromatic heterocycles. The van der Waals surface area contributed by atoms with Crippen LogP contribution in [0.5, 0.6) is 0 Å². The van der Waals surface area contributed by atoms with Gasteiger partial charge >= 0.3 is 18.1 Å². The number of nitrogens with two attached hydrogens (primary N) is 1. The molecule has 0 saturated carbocycles. The summed E-state index contributed by atoms with van der Waals surface area (Å²) in [6, 6.07) is -3.54. The first kappa shape index (κ1) is 35.5. The van der Waals surface area contributed by atoms with Crippen molar-refractivity contribution >= 4 is 52.4 Å². The Hall–Kier alpha value is -2.64. The van der Waals surface area contributed by atoms with E-state index in [1.807, 2.05) is 0 Å². The van der Waals surface area contributed by atoms with E-state index in [-0.39, 0.29) is 6.42 Å².